The standard InChI is InChI=1S/C18H31BrO2/c1-3-18(15-12-17(20)21-4-2)13-8-5-6-10-16(19)11-7-9-14-18/h12,15-16H,3-11,13-14H2,1-2H3/b15-12+. The molecule has 0 amide bonds. The smallest absolute Gasteiger partial charge is 0.330 e. The van der Waals surface area contributed by atoms with Crippen LogP contribution in [0, 0.1) is 5.41 Å². The van der Waals surface area contributed by atoms with Gasteiger partial charge in [-0.3, -0.25) is 0 Å². The molecule has 122 valence electrons. The minimum atomic E-state index is -0.194. The van der Waals surface area contributed by atoms with E-state index < -0.39 is 0 Å². The minimum absolute atomic E-state index is 0.193. The zero-order chi connectivity index (χ0) is 15.6. The lowest BCUT2D eigenvalue weighted by Gasteiger charge is -2.29. The zero-order valence-corrected chi connectivity index (χ0v) is 15.3. The molecule has 2 nitrogen and oxygen atoms in total. The Hall–Kier alpha value is -0.310. The van der Waals surface area contributed by atoms with E-state index in [1.165, 1.54) is 57.8 Å². The lowest BCUT2D eigenvalue weighted by molar-refractivity contribution is -0.137. The second-order valence-corrected chi connectivity index (χ2v) is 7.54. The molecule has 1 aliphatic carbocycles. The molecule has 1 saturated carbocycles. The minimum Gasteiger partial charge on any atom is -0.463 e. The van der Waals surface area contributed by atoms with Crippen molar-refractivity contribution in [1.82, 2.24) is 0 Å². The van der Waals surface area contributed by atoms with Crippen molar-refractivity contribution in [3.05, 3.63) is 12.2 Å². The second-order valence-electron chi connectivity index (χ2n) is 6.24. The van der Waals surface area contributed by atoms with Crippen molar-refractivity contribution >= 4 is 21.9 Å². The number of carbonyl (C=O) groups is 1. The first kappa shape index (κ1) is 18.7. The van der Waals surface area contributed by atoms with Gasteiger partial charge in [-0.1, -0.05) is 61.0 Å². The van der Waals surface area contributed by atoms with E-state index in [0.29, 0.717) is 11.4 Å². The van der Waals surface area contributed by atoms with E-state index in [1.807, 2.05) is 6.92 Å². The Kier molecular flexibility index (Phi) is 9.30. The molecule has 0 spiro atoms. The largest absolute Gasteiger partial charge is 0.463 e. The summed E-state index contributed by atoms with van der Waals surface area (Å²) in [5.74, 6) is -0.194. The molecule has 0 aromatic carbocycles. The van der Waals surface area contributed by atoms with Gasteiger partial charge in [0, 0.05) is 10.9 Å². The van der Waals surface area contributed by atoms with Crippen molar-refractivity contribution < 1.29 is 9.53 Å². The number of hydrogen-bond donors (Lipinski definition) is 0. The van der Waals surface area contributed by atoms with Gasteiger partial charge in [-0.15, -0.1) is 0 Å². The molecule has 0 bridgehead atoms. The lowest BCUT2D eigenvalue weighted by atomic mass is 9.75. The number of allylic oxidation sites excluding steroid dienone is 1. The van der Waals surface area contributed by atoms with Crippen LogP contribution in [-0.4, -0.2) is 17.4 Å². The van der Waals surface area contributed by atoms with Gasteiger partial charge >= 0.3 is 5.97 Å². The summed E-state index contributed by atoms with van der Waals surface area (Å²) in [6.45, 7) is 4.56. The Bertz CT molecular complexity index is 327. The molecule has 2 atom stereocenters. The molecule has 0 N–H and O–H groups in total. The van der Waals surface area contributed by atoms with Gasteiger partial charge in [-0.25, -0.2) is 4.79 Å². The molecule has 2 unspecified atom stereocenters. The van der Waals surface area contributed by atoms with E-state index in [0.717, 1.165) is 6.42 Å². The van der Waals surface area contributed by atoms with E-state index in [1.54, 1.807) is 6.08 Å². The van der Waals surface area contributed by atoms with Crippen LogP contribution < -0.4 is 0 Å². The molecular formula is C18H31BrO2. The molecule has 0 saturated heterocycles. The normalized spacial score (nSPS) is 29.0. The van der Waals surface area contributed by atoms with Gasteiger partial charge in [0.25, 0.3) is 0 Å². The van der Waals surface area contributed by atoms with Crippen LogP contribution in [0.4, 0.5) is 0 Å². The average molecular weight is 359 g/mol. The summed E-state index contributed by atoms with van der Waals surface area (Å²) in [5, 5.41) is 0. The Labute approximate surface area is 138 Å². The first-order valence-corrected chi connectivity index (χ1v) is 9.53. The van der Waals surface area contributed by atoms with Crippen LogP contribution >= 0.6 is 15.9 Å². The molecular weight excluding hydrogens is 328 g/mol. The highest BCUT2D eigenvalue weighted by Gasteiger charge is 2.25. The number of esters is 1. The Morgan fingerprint density at radius 2 is 1.76 bits per heavy atom. The average Bonchev–Trinajstić information content (AvgIpc) is 2.51. The Morgan fingerprint density at radius 1 is 1.14 bits per heavy atom. The van der Waals surface area contributed by atoms with Gasteiger partial charge in [0.2, 0.25) is 0 Å². The summed E-state index contributed by atoms with van der Waals surface area (Å²) in [6, 6.07) is 0. The SMILES string of the molecule is CCOC(=O)/C=C/C1(CC)CCCCCC(Br)CCCC1. The van der Waals surface area contributed by atoms with Gasteiger partial charge < -0.3 is 4.74 Å². The monoisotopic (exact) mass is 358 g/mol. The molecule has 0 heterocycles. The van der Waals surface area contributed by atoms with Gasteiger partial charge in [0.15, 0.2) is 0 Å². The molecule has 21 heavy (non-hydrogen) atoms. The van der Waals surface area contributed by atoms with Crippen molar-refractivity contribution in [2.75, 3.05) is 6.61 Å². The summed E-state index contributed by atoms with van der Waals surface area (Å²) >= 11 is 3.80. The van der Waals surface area contributed by atoms with Crippen LogP contribution in [0.25, 0.3) is 0 Å². The highest BCUT2D eigenvalue weighted by atomic mass is 79.9. The number of rotatable bonds is 4. The maximum absolute atomic E-state index is 11.6. The molecule has 1 rings (SSSR count). The quantitative estimate of drug-likeness (QED) is 0.361. The summed E-state index contributed by atoms with van der Waals surface area (Å²) in [7, 11) is 0. The van der Waals surface area contributed by atoms with E-state index in [-0.39, 0.29) is 11.4 Å². The highest BCUT2D eigenvalue weighted by Crippen LogP contribution is 2.37. The van der Waals surface area contributed by atoms with Gasteiger partial charge in [-0.05, 0) is 44.4 Å². The zero-order valence-electron chi connectivity index (χ0n) is 13.7. The van der Waals surface area contributed by atoms with Crippen LogP contribution in [0.2, 0.25) is 0 Å². The number of alkyl halides is 1. The third-order valence-corrected chi connectivity index (χ3v) is 5.61. The maximum Gasteiger partial charge on any atom is 0.330 e. The van der Waals surface area contributed by atoms with Crippen molar-refractivity contribution in [1.29, 1.82) is 0 Å². The number of ether oxygens (including phenoxy) is 1. The topological polar surface area (TPSA) is 26.3 Å². The van der Waals surface area contributed by atoms with Gasteiger partial charge in [-0.2, -0.15) is 0 Å². The number of halogens is 1. The summed E-state index contributed by atoms with van der Waals surface area (Å²) in [6.07, 6.45) is 16.3. The summed E-state index contributed by atoms with van der Waals surface area (Å²) in [5.41, 5.74) is 0.193. The molecule has 0 radical (unpaired) electrons. The fourth-order valence-corrected chi connectivity index (χ4v) is 3.85. The third-order valence-electron chi connectivity index (χ3n) is 4.70. The van der Waals surface area contributed by atoms with Crippen LogP contribution in [-0.2, 0) is 9.53 Å². The summed E-state index contributed by atoms with van der Waals surface area (Å²) < 4.78 is 5.03. The predicted molar refractivity (Wildman–Crippen MR) is 92.8 cm³/mol. The second kappa shape index (κ2) is 10.4. The first-order chi connectivity index (χ1) is 10.1. The number of hydrogen-bond acceptors (Lipinski definition) is 2. The molecule has 1 aliphatic rings. The summed E-state index contributed by atoms with van der Waals surface area (Å²) in [4.78, 5) is 12.3. The van der Waals surface area contributed by atoms with E-state index in [4.69, 9.17) is 4.74 Å². The number of carbonyl (C=O) groups excluding carboxylic acids is 1. The van der Waals surface area contributed by atoms with Crippen LogP contribution in [0.3, 0.4) is 0 Å². The van der Waals surface area contributed by atoms with Crippen molar-refractivity contribution in [2.24, 2.45) is 5.41 Å². The molecule has 1 fully saturated rings. The van der Waals surface area contributed by atoms with Crippen LogP contribution in [0.15, 0.2) is 12.2 Å². The maximum atomic E-state index is 11.6. The molecule has 0 aliphatic heterocycles. The lowest BCUT2D eigenvalue weighted by Crippen LogP contribution is -2.18. The fraction of sp³-hybridized carbons (Fsp3) is 0.833. The van der Waals surface area contributed by atoms with Crippen molar-refractivity contribution in [2.45, 2.75) is 82.9 Å². The molecule has 0 aromatic rings. The van der Waals surface area contributed by atoms with Crippen LogP contribution in [0.5, 0.6) is 0 Å². The van der Waals surface area contributed by atoms with Gasteiger partial charge in [0.1, 0.15) is 0 Å². The van der Waals surface area contributed by atoms with Crippen LogP contribution in [0.1, 0.15) is 78.1 Å². The van der Waals surface area contributed by atoms with Gasteiger partial charge in [0.05, 0.1) is 6.61 Å². The highest BCUT2D eigenvalue weighted by molar-refractivity contribution is 9.09. The third kappa shape index (κ3) is 7.49. The Balaban J connectivity index is 2.67. The van der Waals surface area contributed by atoms with Crippen molar-refractivity contribution in [3.63, 3.8) is 0 Å². The predicted octanol–water partition coefficient (Wildman–Crippen LogP) is 5.79. The first-order valence-electron chi connectivity index (χ1n) is 8.62. The fourth-order valence-electron chi connectivity index (χ4n) is 3.21. The van der Waals surface area contributed by atoms with Crippen molar-refractivity contribution in [3.8, 4) is 0 Å². The Morgan fingerprint density at radius 3 is 2.38 bits per heavy atom. The molecule has 0 aromatic heterocycles. The molecule has 3 heteroatoms. The van der Waals surface area contributed by atoms with E-state index in [2.05, 4.69) is 28.9 Å². The van der Waals surface area contributed by atoms with E-state index >= 15 is 0 Å². The van der Waals surface area contributed by atoms with E-state index in [9.17, 15) is 4.79 Å².